The van der Waals surface area contributed by atoms with Crippen molar-refractivity contribution < 1.29 is 19.4 Å². The van der Waals surface area contributed by atoms with Crippen LogP contribution in [0.3, 0.4) is 0 Å². The number of benzene rings is 1. The molecule has 4 nitrogen and oxygen atoms in total. The maximum absolute atomic E-state index is 11.5. The minimum atomic E-state index is -0.435. The normalized spacial score (nSPS) is 24.1. The molecule has 106 valence electrons. The largest absolute Gasteiger partial charge is 0.496 e. The van der Waals surface area contributed by atoms with E-state index in [4.69, 9.17) is 4.74 Å². The number of rotatable bonds is 2. The van der Waals surface area contributed by atoms with E-state index in [0.717, 1.165) is 5.56 Å². The van der Waals surface area contributed by atoms with Gasteiger partial charge in [-0.15, -0.1) is 0 Å². The molecule has 0 amide bonds. The van der Waals surface area contributed by atoms with Gasteiger partial charge in [0.05, 0.1) is 20.3 Å². The summed E-state index contributed by atoms with van der Waals surface area (Å²) < 4.78 is 9.88. The zero-order chi connectivity index (χ0) is 14.8. The van der Waals surface area contributed by atoms with E-state index in [9.17, 15) is 9.90 Å². The summed E-state index contributed by atoms with van der Waals surface area (Å²) >= 11 is 0. The van der Waals surface area contributed by atoms with Crippen LogP contribution in [0.1, 0.15) is 35.7 Å². The second-order valence-corrected chi connectivity index (χ2v) is 5.28. The maximum Gasteiger partial charge on any atom is 0.341 e. The first-order valence-electron chi connectivity index (χ1n) is 6.45. The molecule has 1 aromatic rings. The summed E-state index contributed by atoms with van der Waals surface area (Å²) in [5, 5.41) is 9.35. The summed E-state index contributed by atoms with van der Waals surface area (Å²) in [6.07, 6.45) is 1.18. The third-order valence-corrected chi connectivity index (χ3v) is 3.49. The van der Waals surface area contributed by atoms with E-state index >= 15 is 0 Å². The quantitative estimate of drug-likeness (QED) is 0.662. The molecule has 0 bridgehead atoms. The molecule has 4 heteroatoms. The molecule has 0 aromatic heterocycles. The molecule has 0 atom stereocenters. The Balaban J connectivity index is 2.23. The summed E-state index contributed by atoms with van der Waals surface area (Å²) in [6, 6.07) is 5.13. The lowest BCUT2D eigenvalue weighted by molar-refractivity contribution is 0.0150. The topological polar surface area (TPSA) is 55.8 Å². The summed E-state index contributed by atoms with van der Waals surface area (Å²) in [4.78, 5) is 11.5. The molecule has 1 saturated carbocycles. The minimum Gasteiger partial charge on any atom is -0.496 e. The first-order chi connectivity index (χ1) is 9.47. The van der Waals surface area contributed by atoms with Gasteiger partial charge in [-0.2, -0.15) is 0 Å². The fraction of sp³-hybridized carbons (Fsp3) is 0.438. The number of methoxy groups -OCH3 is 2. The highest BCUT2D eigenvalue weighted by atomic mass is 16.5. The van der Waals surface area contributed by atoms with Gasteiger partial charge in [0.1, 0.15) is 11.3 Å². The van der Waals surface area contributed by atoms with E-state index in [0.29, 0.717) is 24.2 Å². The Bertz CT molecular complexity index is 574. The maximum atomic E-state index is 11.5. The Morgan fingerprint density at radius 3 is 2.65 bits per heavy atom. The lowest BCUT2D eigenvalue weighted by Gasteiger charge is -2.38. The van der Waals surface area contributed by atoms with E-state index < -0.39 is 5.97 Å². The molecular weight excluding hydrogens is 256 g/mol. The van der Waals surface area contributed by atoms with Crippen LogP contribution in [0.25, 0.3) is 0 Å². The third-order valence-electron chi connectivity index (χ3n) is 3.49. The van der Waals surface area contributed by atoms with Crippen molar-refractivity contribution in [2.75, 3.05) is 14.2 Å². The number of ether oxygens (including phenoxy) is 2. The van der Waals surface area contributed by atoms with Crippen molar-refractivity contribution in [2.24, 2.45) is 5.41 Å². The van der Waals surface area contributed by atoms with Gasteiger partial charge in [0.15, 0.2) is 0 Å². The lowest BCUT2D eigenvalue weighted by Crippen LogP contribution is -2.37. The molecule has 0 saturated heterocycles. The molecule has 0 radical (unpaired) electrons. The highest BCUT2D eigenvalue weighted by Crippen LogP contribution is 2.39. The Morgan fingerprint density at radius 2 is 2.10 bits per heavy atom. The molecule has 20 heavy (non-hydrogen) atoms. The number of aliphatic hydroxyl groups excluding tert-OH is 1. The van der Waals surface area contributed by atoms with E-state index in [2.05, 4.69) is 16.6 Å². The van der Waals surface area contributed by atoms with Crippen LogP contribution in [0, 0.1) is 17.3 Å². The van der Waals surface area contributed by atoms with Crippen LogP contribution < -0.4 is 4.74 Å². The number of carbonyl (C=O) groups excluding carboxylic acids is 1. The number of carbonyl (C=O) groups is 1. The summed E-state index contributed by atoms with van der Waals surface area (Å²) in [5.74, 6) is 6.26. The van der Waals surface area contributed by atoms with Gasteiger partial charge < -0.3 is 14.6 Å². The van der Waals surface area contributed by atoms with Crippen LogP contribution in [0.4, 0.5) is 0 Å². The number of aliphatic hydroxyl groups is 1. The van der Waals surface area contributed by atoms with Crippen LogP contribution in [-0.2, 0) is 4.74 Å². The van der Waals surface area contributed by atoms with Crippen molar-refractivity contribution in [2.45, 2.75) is 25.9 Å². The summed E-state index contributed by atoms with van der Waals surface area (Å²) in [6.45, 7) is 2.03. The first kappa shape index (κ1) is 14.4. The highest BCUT2D eigenvalue weighted by Gasteiger charge is 2.37. The predicted octanol–water partition coefficient (Wildman–Crippen LogP) is 1.99. The van der Waals surface area contributed by atoms with Crippen molar-refractivity contribution in [3.05, 3.63) is 29.3 Å². The Kier molecular flexibility index (Phi) is 4.01. The van der Waals surface area contributed by atoms with Crippen molar-refractivity contribution in [3.63, 3.8) is 0 Å². The zero-order valence-electron chi connectivity index (χ0n) is 11.9. The number of hydrogen-bond acceptors (Lipinski definition) is 4. The monoisotopic (exact) mass is 274 g/mol. The number of hydrogen-bond donors (Lipinski definition) is 1. The van der Waals surface area contributed by atoms with Gasteiger partial charge in [0.25, 0.3) is 0 Å². The zero-order valence-corrected chi connectivity index (χ0v) is 11.9. The standard InChI is InChI=1S/C16H18O4/c1-16(9-12(17)10-16)7-6-11-4-5-13(15(18)20-3)14(8-11)19-2/h4-5,8,12,17H,9-10H2,1-3H3. The lowest BCUT2D eigenvalue weighted by atomic mass is 9.69. The van der Waals surface area contributed by atoms with Gasteiger partial charge in [-0.05, 0) is 38.0 Å². The van der Waals surface area contributed by atoms with Gasteiger partial charge in [-0.1, -0.05) is 11.8 Å². The van der Waals surface area contributed by atoms with Gasteiger partial charge >= 0.3 is 5.97 Å². The Hall–Kier alpha value is -1.99. The Morgan fingerprint density at radius 1 is 1.40 bits per heavy atom. The van der Waals surface area contributed by atoms with E-state index in [1.54, 1.807) is 18.2 Å². The summed E-state index contributed by atoms with van der Waals surface area (Å²) in [5.41, 5.74) is 1.04. The summed E-state index contributed by atoms with van der Waals surface area (Å²) in [7, 11) is 2.83. The molecular formula is C16H18O4. The fourth-order valence-electron chi connectivity index (χ4n) is 2.35. The second-order valence-electron chi connectivity index (χ2n) is 5.28. The molecule has 1 fully saturated rings. The van der Waals surface area contributed by atoms with E-state index in [1.807, 2.05) is 6.92 Å². The van der Waals surface area contributed by atoms with Gasteiger partial charge in [0, 0.05) is 11.0 Å². The average Bonchev–Trinajstić information content (AvgIpc) is 2.42. The third kappa shape index (κ3) is 2.94. The number of esters is 1. The van der Waals surface area contributed by atoms with Crippen molar-refractivity contribution in [1.29, 1.82) is 0 Å². The average molecular weight is 274 g/mol. The molecule has 1 aromatic carbocycles. The molecule has 1 aliphatic rings. The minimum absolute atomic E-state index is 0.117. The molecule has 1 N–H and O–H groups in total. The predicted molar refractivity (Wildman–Crippen MR) is 74.6 cm³/mol. The smallest absolute Gasteiger partial charge is 0.341 e. The fourth-order valence-corrected chi connectivity index (χ4v) is 2.35. The second kappa shape index (κ2) is 5.56. The van der Waals surface area contributed by atoms with Crippen molar-refractivity contribution >= 4 is 5.97 Å². The van der Waals surface area contributed by atoms with E-state index in [1.165, 1.54) is 14.2 Å². The molecule has 1 aliphatic carbocycles. The van der Waals surface area contributed by atoms with Crippen LogP contribution in [0.15, 0.2) is 18.2 Å². The first-order valence-corrected chi connectivity index (χ1v) is 6.45. The van der Waals surface area contributed by atoms with E-state index in [-0.39, 0.29) is 11.5 Å². The van der Waals surface area contributed by atoms with Crippen molar-refractivity contribution in [1.82, 2.24) is 0 Å². The van der Waals surface area contributed by atoms with Crippen LogP contribution in [0.2, 0.25) is 0 Å². The SMILES string of the molecule is COC(=O)c1ccc(C#CC2(C)CC(O)C2)cc1OC. The molecule has 0 spiro atoms. The van der Waals surface area contributed by atoms with Gasteiger partial charge in [0.2, 0.25) is 0 Å². The molecule has 0 unspecified atom stereocenters. The van der Waals surface area contributed by atoms with Gasteiger partial charge in [-0.3, -0.25) is 0 Å². The van der Waals surface area contributed by atoms with Crippen molar-refractivity contribution in [3.8, 4) is 17.6 Å². The molecule has 2 rings (SSSR count). The highest BCUT2D eigenvalue weighted by molar-refractivity contribution is 5.92. The van der Waals surface area contributed by atoms with Crippen LogP contribution in [0.5, 0.6) is 5.75 Å². The van der Waals surface area contributed by atoms with Gasteiger partial charge in [-0.25, -0.2) is 4.79 Å². The van der Waals surface area contributed by atoms with Crippen LogP contribution in [-0.4, -0.2) is 31.4 Å². The van der Waals surface area contributed by atoms with Crippen LogP contribution >= 0.6 is 0 Å². The molecule has 0 heterocycles. The molecule has 0 aliphatic heterocycles. The Labute approximate surface area is 118 Å².